The number of hydrogen-bond acceptors (Lipinski definition) is 7. The van der Waals surface area contributed by atoms with E-state index in [2.05, 4.69) is 0 Å². The Bertz CT molecular complexity index is 986. The summed E-state index contributed by atoms with van der Waals surface area (Å²) in [5, 5.41) is 22.3. The zero-order valence-corrected chi connectivity index (χ0v) is 14.9. The molecule has 1 aliphatic rings. The smallest absolute Gasteiger partial charge is 0.292 e. The van der Waals surface area contributed by atoms with E-state index >= 15 is 0 Å². The van der Waals surface area contributed by atoms with Crippen LogP contribution in [0, 0.1) is 20.2 Å². The molecule has 3 rings (SSSR count). The van der Waals surface area contributed by atoms with Crippen LogP contribution in [0.3, 0.4) is 0 Å². The van der Waals surface area contributed by atoms with E-state index in [1.54, 1.807) is 23.1 Å². The molecule has 11 heteroatoms. The van der Waals surface area contributed by atoms with Gasteiger partial charge in [0.15, 0.2) is 4.90 Å². The summed E-state index contributed by atoms with van der Waals surface area (Å²) in [6.07, 6.45) is 0. The number of nitrogens with zero attached hydrogens (tertiary/aromatic N) is 4. The van der Waals surface area contributed by atoms with Crippen LogP contribution in [0.15, 0.2) is 53.4 Å². The maximum Gasteiger partial charge on any atom is 0.292 e. The average Bonchev–Trinajstić information content (AvgIpc) is 2.68. The quantitative estimate of drug-likeness (QED) is 0.562. The summed E-state index contributed by atoms with van der Waals surface area (Å²) in [4.78, 5) is 22.5. The van der Waals surface area contributed by atoms with Crippen molar-refractivity contribution in [1.82, 2.24) is 4.31 Å². The lowest BCUT2D eigenvalue weighted by atomic mass is 10.2. The number of rotatable bonds is 5. The number of nitro groups is 2. The Morgan fingerprint density at radius 1 is 0.778 bits per heavy atom. The number of anilines is 1. The molecule has 1 heterocycles. The largest absolute Gasteiger partial charge is 0.363 e. The normalized spacial score (nSPS) is 15.5. The van der Waals surface area contributed by atoms with Crippen molar-refractivity contribution in [3.8, 4) is 0 Å². The van der Waals surface area contributed by atoms with Crippen LogP contribution >= 0.6 is 0 Å². The molecule has 0 N–H and O–H groups in total. The summed E-state index contributed by atoms with van der Waals surface area (Å²) in [6, 6.07) is 11.5. The second kappa shape index (κ2) is 7.29. The molecular weight excluding hydrogens is 376 g/mol. The van der Waals surface area contributed by atoms with Gasteiger partial charge in [0.05, 0.1) is 9.85 Å². The van der Waals surface area contributed by atoms with E-state index in [-0.39, 0.29) is 36.8 Å². The van der Waals surface area contributed by atoms with E-state index in [1.165, 1.54) is 28.6 Å². The van der Waals surface area contributed by atoms with Gasteiger partial charge in [0, 0.05) is 38.3 Å². The second-order valence-electron chi connectivity index (χ2n) is 5.86. The number of nitro benzene ring substituents is 2. The van der Waals surface area contributed by atoms with Crippen molar-refractivity contribution in [2.45, 2.75) is 4.90 Å². The van der Waals surface area contributed by atoms with Gasteiger partial charge in [0.2, 0.25) is 10.0 Å². The summed E-state index contributed by atoms with van der Waals surface area (Å²) in [6.45, 7) is 0.621. The summed E-state index contributed by atoms with van der Waals surface area (Å²) in [5.41, 5.74) is -0.101. The zero-order valence-electron chi connectivity index (χ0n) is 14.1. The van der Waals surface area contributed by atoms with Gasteiger partial charge in [-0.1, -0.05) is 24.3 Å². The Labute approximate surface area is 155 Å². The van der Waals surface area contributed by atoms with Crippen LogP contribution in [0.25, 0.3) is 0 Å². The van der Waals surface area contributed by atoms with Crippen molar-refractivity contribution >= 4 is 27.1 Å². The first-order chi connectivity index (χ1) is 12.8. The molecule has 0 radical (unpaired) electrons. The molecule has 2 aromatic carbocycles. The summed E-state index contributed by atoms with van der Waals surface area (Å²) >= 11 is 0. The van der Waals surface area contributed by atoms with Crippen molar-refractivity contribution in [3.05, 3.63) is 68.8 Å². The van der Waals surface area contributed by atoms with Gasteiger partial charge in [-0.2, -0.15) is 4.31 Å². The van der Waals surface area contributed by atoms with Crippen molar-refractivity contribution in [2.75, 3.05) is 31.1 Å². The third-order valence-electron chi connectivity index (χ3n) is 4.34. The van der Waals surface area contributed by atoms with Gasteiger partial charge in [-0.3, -0.25) is 20.2 Å². The van der Waals surface area contributed by atoms with Crippen LogP contribution in [-0.2, 0) is 10.0 Å². The Balaban J connectivity index is 1.82. The van der Waals surface area contributed by atoms with Gasteiger partial charge in [-0.15, -0.1) is 0 Å². The molecule has 10 nitrogen and oxygen atoms in total. The Hall–Kier alpha value is -3.05. The minimum Gasteiger partial charge on any atom is -0.363 e. The number of para-hydroxylation sites is 3. The molecule has 0 aromatic heterocycles. The van der Waals surface area contributed by atoms with Gasteiger partial charge in [-0.05, 0) is 12.1 Å². The second-order valence-corrected chi connectivity index (χ2v) is 7.77. The van der Waals surface area contributed by atoms with Crippen LogP contribution in [0.4, 0.5) is 17.1 Å². The third-order valence-corrected chi connectivity index (χ3v) is 6.28. The molecule has 27 heavy (non-hydrogen) atoms. The minimum absolute atomic E-state index is 0.0486. The van der Waals surface area contributed by atoms with E-state index in [9.17, 15) is 28.6 Å². The summed E-state index contributed by atoms with van der Waals surface area (Å²) in [7, 11) is -4.04. The zero-order chi connectivity index (χ0) is 19.6. The van der Waals surface area contributed by atoms with E-state index in [1.807, 2.05) is 0 Å². The number of benzene rings is 2. The van der Waals surface area contributed by atoms with Crippen molar-refractivity contribution in [3.63, 3.8) is 0 Å². The molecule has 0 bridgehead atoms. The molecule has 1 fully saturated rings. The fourth-order valence-electron chi connectivity index (χ4n) is 3.02. The average molecular weight is 392 g/mol. The summed E-state index contributed by atoms with van der Waals surface area (Å²) in [5.74, 6) is 0. The molecule has 2 aromatic rings. The number of sulfonamides is 1. The molecule has 0 spiro atoms. The van der Waals surface area contributed by atoms with E-state index < -0.39 is 25.6 Å². The molecule has 0 unspecified atom stereocenters. The minimum atomic E-state index is -4.04. The lowest BCUT2D eigenvalue weighted by Gasteiger charge is -2.34. The topological polar surface area (TPSA) is 127 Å². The molecule has 1 saturated heterocycles. The van der Waals surface area contributed by atoms with Crippen LogP contribution in [0.5, 0.6) is 0 Å². The molecule has 0 atom stereocenters. The van der Waals surface area contributed by atoms with Crippen molar-refractivity contribution < 1.29 is 18.3 Å². The fraction of sp³-hybridized carbons (Fsp3) is 0.250. The highest BCUT2D eigenvalue weighted by molar-refractivity contribution is 7.89. The van der Waals surface area contributed by atoms with Crippen LogP contribution in [0.2, 0.25) is 0 Å². The predicted molar refractivity (Wildman–Crippen MR) is 97.2 cm³/mol. The van der Waals surface area contributed by atoms with Crippen LogP contribution in [-0.4, -0.2) is 48.7 Å². The number of hydrogen-bond donors (Lipinski definition) is 0. The molecule has 1 aliphatic heterocycles. The van der Waals surface area contributed by atoms with Gasteiger partial charge in [0.25, 0.3) is 11.4 Å². The third kappa shape index (κ3) is 3.59. The standard InChI is InChI=1S/C16H16N4O6S/c21-19(22)14-6-2-1-5-13(14)17-9-11-18(12-10-17)27(25,26)16-8-4-3-7-15(16)20(23)24/h1-8H,9-12H2. The first-order valence-corrected chi connectivity index (χ1v) is 9.48. The lowest BCUT2D eigenvalue weighted by Crippen LogP contribution is -2.48. The first kappa shape index (κ1) is 18.7. The van der Waals surface area contributed by atoms with Crippen molar-refractivity contribution in [1.29, 1.82) is 0 Å². The van der Waals surface area contributed by atoms with Crippen molar-refractivity contribution in [2.24, 2.45) is 0 Å². The van der Waals surface area contributed by atoms with E-state index in [0.29, 0.717) is 5.69 Å². The van der Waals surface area contributed by atoms with Gasteiger partial charge in [-0.25, -0.2) is 8.42 Å². The molecule has 0 amide bonds. The number of piperazine rings is 1. The Morgan fingerprint density at radius 2 is 1.30 bits per heavy atom. The molecule has 0 aliphatic carbocycles. The maximum atomic E-state index is 12.8. The lowest BCUT2D eigenvalue weighted by molar-refractivity contribution is -0.387. The maximum absolute atomic E-state index is 12.8. The molecular formula is C16H16N4O6S. The molecule has 0 saturated carbocycles. The van der Waals surface area contributed by atoms with Gasteiger partial charge >= 0.3 is 0 Å². The monoisotopic (exact) mass is 392 g/mol. The Kier molecular flexibility index (Phi) is 5.06. The highest BCUT2D eigenvalue weighted by atomic mass is 32.2. The van der Waals surface area contributed by atoms with Crippen LogP contribution in [0.1, 0.15) is 0 Å². The predicted octanol–water partition coefficient (Wildman–Crippen LogP) is 2.01. The summed E-state index contributed by atoms with van der Waals surface area (Å²) < 4.78 is 26.8. The van der Waals surface area contributed by atoms with E-state index in [4.69, 9.17) is 0 Å². The fourth-order valence-corrected chi connectivity index (χ4v) is 4.60. The van der Waals surface area contributed by atoms with Crippen LogP contribution < -0.4 is 4.90 Å². The SMILES string of the molecule is O=[N+]([O-])c1ccccc1N1CCN(S(=O)(=O)c2ccccc2[N+](=O)[O-])CC1. The Morgan fingerprint density at radius 3 is 1.89 bits per heavy atom. The molecule has 142 valence electrons. The van der Waals surface area contributed by atoms with E-state index in [0.717, 1.165) is 6.07 Å². The van der Waals surface area contributed by atoms with Gasteiger partial charge in [0.1, 0.15) is 5.69 Å². The first-order valence-electron chi connectivity index (χ1n) is 8.04. The van der Waals surface area contributed by atoms with Gasteiger partial charge < -0.3 is 4.90 Å². The highest BCUT2D eigenvalue weighted by Crippen LogP contribution is 2.31. The highest BCUT2D eigenvalue weighted by Gasteiger charge is 2.34.